The molecule has 206 valence electrons. The number of nitrogens with zero attached hydrogens (tertiary/aromatic N) is 2. The SMILES string of the molecule is C[C@@H](/C=C/CC(=O)N(CCO)Cc1ccccc1)[C@]1(O)C(=O)Nc2ccc(N3C(=O)CCc4ccccc43)cc21. The Hall–Kier alpha value is -4.27. The van der Waals surface area contributed by atoms with Crippen LogP contribution in [-0.2, 0) is 33.0 Å². The molecule has 0 saturated heterocycles. The molecule has 2 aliphatic heterocycles. The second-order valence-electron chi connectivity index (χ2n) is 10.3. The number of aliphatic hydroxyl groups excluding tert-OH is 1. The van der Waals surface area contributed by atoms with E-state index in [-0.39, 0.29) is 31.4 Å². The molecule has 0 aromatic heterocycles. The molecule has 5 rings (SSSR count). The van der Waals surface area contributed by atoms with Crippen molar-refractivity contribution in [3.63, 3.8) is 0 Å². The van der Waals surface area contributed by atoms with Crippen molar-refractivity contribution in [2.45, 2.75) is 38.3 Å². The molecule has 3 aromatic carbocycles. The number of aliphatic hydroxyl groups is 2. The molecule has 0 saturated carbocycles. The second-order valence-corrected chi connectivity index (χ2v) is 10.3. The smallest absolute Gasteiger partial charge is 0.261 e. The van der Waals surface area contributed by atoms with E-state index in [2.05, 4.69) is 5.32 Å². The number of hydrogen-bond acceptors (Lipinski definition) is 5. The number of carbonyl (C=O) groups is 3. The fourth-order valence-corrected chi connectivity index (χ4v) is 5.46. The lowest BCUT2D eigenvalue weighted by Crippen LogP contribution is -2.40. The van der Waals surface area contributed by atoms with Crippen molar-refractivity contribution < 1.29 is 24.6 Å². The topological polar surface area (TPSA) is 110 Å². The van der Waals surface area contributed by atoms with E-state index in [4.69, 9.17) is 0 Å². The van der Waals surface area contributed by atoms with Gasteiger partial charge in [0.05, 0.1) is 12.3 Å². The van der Waals surface area contributed by atoms with Gasteiger partial charge >= 0.3 is 0 Å². The summed E-state index contributed by atoms with van der Waals surface area (Å²) in [4.78, 5) is 42.2. The highest BCUT2D eigenvalue weighted by molar-refractivity contribution is 6.07. The summed E-state index contributed by atoms with van der Waals surface area (Å²) in [6, 6.07) is 22.4. The largest absolute Gasteiger partial charge is 0.395 e. The van der Waals surface area contributed by atoms with Gasteiger partial charge in [-0.2, -0.15) is 0 Å². The third-order valence-corrected chi connectivity index (χ3v) is 7.67. The van der Waals surface area contributed by atoms with Crippen molar-refractivity contribution >= 4 is 34.8 Å². The molecule has 0 spiro atoms. The van der Waals surface area contributed by atoms with E-state index >= 15 is 0 Å². The quantitative estimate of drug-likeness (QED) is 0.356. The zero-order valence-electron chi connectivity index (χ0n) is 22.4. The molecule has 3 aromatic rings. The van der Waals surface area contributed by atoms with Gasteiger partial charge in [-0.05, 0) is 41.8 Å². The summed E-state index contributed by atoms with van der Waals surface area (Å²) in [5.74, 6) is -1.44. The maximum atomic E-state index is 13.1. The van der Waals surface area contributed by atoms with Crippen LogP contribution in [0.25, 0.3) is 0 Å². The average Bonchev–Trinajstić information content (AvgIpc) is 3.23. The summed E-state index contributed by atoms with van der Waals surface area (Å²) < 4.78 is 0. The van der Waals surface area contributed by atoms with E-state index in [1.807, 2.05) is 54.6 Å². The minimum Gasteiger partial charge on any atom is -0.395 e. The molecule has 0 unspecified atom stereocenters. The lowest BCUT2D eigenvalue weighted by atomic mass is 9.82. The first-order valence-corrected chi connectivity index (χ1v) is 13.5. The molecule has 8 nitrogen and oxygen atoms in total. The maximum absolute atomic E-state index is 13.1. The number of nitrogens with one attached hydrogen (secondary N) is 1. The number of rotatable bonds is 9. The van der Waals surface area contributed by atoms with Crippen molar-refractivity contribution in [2.24, 2.45) is 5.92 Å². The van der Waals surface area contributed by atoms with E-state index < -0.39 is 17.4 Å². The Morgan fingerprint density at radius 3 is 2.60 bits per heavy atom. The summed E-state index contributed by atoms with van der Waals surface area (Å²) in [6.45, 7) is 2.16. The number of hydrogen-bond donors (Lipinski definition) is 3. The van der Waals surface area contributed by atoms with Gasteiger partial charge in [0.2, 0.25) is 11.8 Å². The average molecular weight is 540 g/mol. The summed E-state index contributed by atoms with van der Waals surface area (Å²) in [5.41, 5.74) is 2.41. The molecule has 2 aliphatic rings. The van der Waals surface area contributed by atoms with Crippen LogP contribution in [0.1, 0.15) is 36.5 Å². The van der Waals surface area contributed by atoms with Gasteiger partial charge in [0.25, 0.3) is 5.91 Å². The van der Waals surface area contributed by atoms with Gasteiger partial charge in [0.1, 0.15) is 0 Å². The van der Waals surface area contributed by atoms with Crippen molar-refractivity contribution in [3.05, 3.63) is 102 Å². The van der Waals surface area contributed by atoms with Crippen LogP contribution in [0, 0.1) is 5.92 Å². The summed E-state index contributed by atoms with van der Waals surface area (Å²) in [6.07, 6.45) is 4.42. The fraction of sp³-hybridized carbons (Fsp3) is 0.281. The van der Waals surface area contributed by atoms with Gasteiger partial charge in [0, 0.05) is 48.8 Å². The highest BCUT2D eigenvalue weighted by Crippen LogP contribution is 2.45. The van der Waals surface area contributed by atoms with E-state index in [0.717, 1.165) is 16.8 Å². The highest BCUT2D eigenvalue weighted by atomic mass is 16.3. The monoisotopic (exact) mass is 539 g/mol. The second kappa shape index (κ2) is 11.5. The molecule has 0 fully saturated rings. The third-order valence-electron chi connectivity index (χ3n) is 7.67. The van der Waals surface area contributed by atoms with Crippen molar-refractivity contribution in [3.8, 4) is 0 Å². The van der Waals surface area contributed by atoms with Gasteiger partial charge < -0.3 is 20.4 Å². The number of aryl methyl sites for hydroxylation is 1. The Kier molecular flexibility index (Phi) is 7.82. The summed E-state index contributed by atoms with van der Waals surface area (Å²) >= 11 is 0. The first kappa shape index (κ1) is 27.3. The van der Waals surface area contributed by atoms with Crippen LogP contribution in [0.15, 0.2) is 84.9 Å². The van der Waals surface area contributed by atoms with Crippen molar-refractivity contribution in [1.29, 1.82) is 0 Å². The van der Waals surface area contributed by atoms with E-state index in [9.17, 15) is 24.6 Å². The van der Waals surface area contributed by atoms with Crippen LogP contribution in [0.2, 0.25) is 0 Å². The molecule has 3 N–H and O–H groups in total. The summed E-state index contributed by atoms with van der Waals surface area (Å²) in [7, 11) is 0. The molecule has 2 atom stereocenters. The molecule has 40 heavy (non-hydrogen) atoms. The minimum absolute atomic E-state index is 0.0473. The van der Waals surface area contributed by atoms with E-state index in [1.54, 1.807) is 47.1 Å². The molecule has 3 amide bonds. The molecule has 0 aliphatic carbocycles. The predicted octanol–water partition coefficient (Wildman–Crippen LogP) is 4.04. The first-order chi connectivity index (χ1) is 19.3. The van der Waals surface area contributed by atoms with Gasteiger partial charge in [0.15, 0.2) is 5.60 Å². The van der Waals surface area contributed by atoms with Crippen molar-refractivity contribution in [2.75, 3.05) is 23.4 Å². The van der Waals surface area contributed by atoms with Gasteiger partial charge in [-0.15, -0.1) is 0 Å². The third kappa shape index (κ3) is 5.15. The van der Waals surface area contributed by atoms with Crippen LogP contribution in [0.4, 0.5) is 17.1 Å². The van der Waals surface area contributed by atoms with Crippen LogP contribution < -0.4 is 10.2 Å². The number of anilines is 3. The first-order valence-electron chi connectivity index (χ1n) is 13.5. The maximum Gasteiger partial charge on any atom is 0.261 e. The van der Waals surface area contributed by atoms with Crippen LogP contribution in [0.3, 0.4) is 0 Å². The molecular formula is C32H33N3O5. The minimum atomic E-state index is -1.88. The normalized spacial score (nSPS) is 18.8. The molecule has 2 heterocycles. The van der Waals surface area contributed by atoms with E-state index in [0.29, 0.717) is 36.3 Å². The Morgan fingerprint density at radius 2 is 1.82 bits per heavy atom. The number of para-hydroxylation sites is 1. The molecule has 0 radical (unpaired) electrons. The molecule has 8 heteroatoms. The van der Waals surface area contributed by atoms with E-state index in [1.165, 1.54) is 0 Å². The molecular weight excluding hydrogens is 506 g/mol. The Labute approximate surface area is 233 Å². The highest BCUT2D eigenvalue weighted by Gasteiger charge is 2.49. The van der Waals surface area contributed by atoms with Crippen LogP contribution in [-0.4, -0.2) is 46.0 Å². The van der Waals surface area contributed by atoms with Gasteiger partial charge in [-0.25, -0.2) is 0 Å². The number of carbonyl (C=O) groups excluding carboxylic acids is 3. The molecule has 0 bridgehead atoms. The van der Waals surface area contributed by atoms with Crippen molar-refractivity contribution in [1.82, 2.24) is 4.90 Å². The number of amides is 3. The Bertz CT molecular complexity index is 1450. The summed E-state index contributed by atoms with van der Waals surface area (Å²) in [5, 5.41) is 23.9. The Morgan fingerprint density at radius 1 is 1.07 bits per heavy atom. The van der Waals surface area contributed by atoms with Crippen LogP contribution in [0.5, 0.6) is 0 Å². The Balaban J connectivity index is 1.35. The lowest BCUT2D eigenvalue weighted by Gasteiger charge is -2.31. The standard InChI is InChI=1S/C32H33N3O5/c1-22(8-7-13-29(37)34(18-19-36)21-23-9-3-2-4-10-23)32(40)26-20-25(15-16-27(26)33-31(32)39)35-28-12-6-5-11-24(28)14-17-30(35)38/h2-12,15-16,20,22,36,40H,13-14,17-19,21H2,1H3,(H,33,39)/b8-7+/t22-,32+/m0/s1. The lowest BCUT2D eigenvalue weighted by molar-refractivity contribution is -0.137. The zero-order chi connectivity index (χ0) is 28.3. The predicted molar refractivity (Wildman–Crippen MR) is 153 cm³/mol. The number of fused-ring (bicyclic) bond motifs is 2. The number of benzene rings is 3. The zero-order valence-corrected chi connectivity index (χ0v) is 22.4. The van der Waals surface area contributed by atoms with Crippen LogP contribution >= 0.6 is 0 Å². The van der Waals surface area contributed by atoms with Gasteiger partial charge in [-0.1, -0.05) is 67.6 Å². The van der Waals surface area contributed by atoms with Gasteiger partial charge in [-0.3, -0.25) is 19.3 Å². The fourth-order valence-electron chi connectivity index (χ4n) is 5.46.